The van der Waals surface area contributed by atoms with Crippen molar-refractivity contribution in [2.45, 2.75) is 26.8 Å². The molecule has 1 heterocycles. The minimum absolute atomic E-state index is 0.289. The van der Waals surface area contributed by atoms with Gasteiger partial charge in [0.15, 0.2) is 0 Å². The van der Waals surface area contributed by atoms with Gasteiger partial charge in [0.05, 0.1) is 23.0 Å². The number of carbonyl (C=O) groups excluding carboxylic acids is 1. The summed E-state index contributed by atoms with van der Waals surface area (Å²) < 4.78 is 7.25. The van der Waals surface area contributed by atoms with Crippen LogP contribution in [-0.4, -0.2) is 22.9 Å². The van der Waals surface area contributed by atoms with E-state index in [0.717, 1.165) is 15.9 Å². The van der Waals surface area contributed by atoms with Crippen LogP contribution in [0.1, 0.15) is 24.4 Å². The second-order valence-corrected chi connectivity index (χ2v) is 3.92. The molecule has 0 N–H and O–H groups in total. The Labute approximate surface area is 91.4 Å². The predicted molar refractivity (Wildman–Crippen MR) is 56.1 cm³/mol. The molecule has 0 radical (unpaired) electrons. The van der Waals surface area contributed by atoms with Crippen LogP contribution < -0.4 is 0 Å². The highest BCUT2D eigenvalue weighted by Crippen LogP contribution is 2.22. The van der Waals surface area contributed by atoms with E-state index in [1.165, 1.54) is 7.11 Å². The number of hydrogen-bond donors (Lipinski definition) is 0. The summed E-state index contributed by atoms with van der Waals surface area (Å²) in [7, 11) is 1.37. The molecule has 1 aromatic rings. The second-order valence-electron chi connectivity index (χ2n) is 3.13. The number of nitrogens with zero attached hydrogens (tertiary/aromatic N) is 2. The van der Waals surface area contributed by atoms with E-state index in [9.17, 15) is 4.79 Å². The van der Waals surface area contributed by atoms with Crippen molar-refractivity contribution in [2.75, 3.05) is 7.11 Å². The molecule has 78 valence electrons. The second kappa shape index (κ2) is 4.13. The number of carbonyl (C=O) groups is 1. The number of halogens is 1. The number of rotatable bonds is 2. The number of methoxy groups -OCH3 is 1. The Hall–Kier alpha value is -0.840. The Kier molecular flexibility index (Phi) is 3.31. The Balaban J connectivity index is 3.07. The van der Waals surface area contributed by atoms with Gasteiger partial charge in [-0.1, -0.05) is 0 Å². The average molecular weight is 261 g/mol. The van der Waals surface area contributed by atoms with Crippen LogP contribution in [0.15, 0.2) is 4.47 Å². The summed E-state index contributed by atoms with van der Waals surface area (Å²) in [6.45, 7) is 5.55. The van der Waals surface area contributed by atoms with Crippen LogP contribution in [0.4, 0.5) is 0 Å². The van der Waals surface area contributed by atoms with Crippen molar-refractivity contribution in [2.24, 2.45) is 0 Å². The number of ether oxygens (including phenoxy) is 1. The molecule has 0 fully saturated rings. The summed E-state index contributed by atoms with van der Waals surface area (Å²) in [5.74, 6) is -0.289. The van der Waals surface area contributed by atoms with Crippen LogP contribution in [0.3, 0.4) is 0 Å². The molecule has 0 saturated carbocycles. The van der Waals surface area contributed by atoms with Gasteiger partial charge in [0.25, 0.3) is 0 Å². The highest BCUT2D eigenvalue weighted by atomic mass is 79.9. The van der Waals surface area contributed by atoms with Crippen LogP contribution in [0.5, 0.6) is 0 Å². The highest BCUT2D eigenvalue weighted by Gasteiger charge is 2.20. The van der Waals surface area contributed by atoms with Crippen molar-refractivity contribution in [3.05, 3.63) is 15.9 Å². The van der Waals surface area contributed by atoms with Crippen LogP contribution in [0, 0.1) is 13.8 Å². The van der Waals surface area contributed by atoms with Gasteiger partial charge in [-0.3, -0.25) is 4.68 Å². The molecule has 14 heavy (non-hydrogen) atoms. The van der Waals surface area contributed by atoms with E-state index in [2.05, 4.69) is 25.8 Å². The highest BCUT2D eigenvalue weighted by molar-refractivity contribution is 9.10. The first-order valence-corrected chi connectivity index (χ1v) is 5.07. The summed E-state index contributed by atoms with van der Waals surface area (Å²) in [5.41, 5.74) is 1.80. The van der Waals surface area contributed by atoms with E-state index >= 15 is 0 Å². The van der Waals surface area contributed by atoms with Crippen LogP contribution >= 0.6 is 15.9 Å². The van der Waals surface area contributed by atoms with Crippen molar-refractivity contribution >= 4 is 21.9 Å². The molecule has 0 amide bonds. The SMILES string of the molecule is COC(=O)C(C)n1nc(C)c(Br)c1C. The van der Waals surface area contributed by atoms with Gasteiger partial charge in [-0.15, -0.1) is 0 Å². The quantitative estimate of drug-likeness (QED) is 0.765. The molecule has 0 bridgehead atoms. The van der Waals surface area contributed by atoms with Crippen LogP contribution in [-0.2, 0) is 9.53 Å². The van der Waals surface area contributed by atoms with Crippen molar-refractivity contribution in [1.29, 1.82) is 0 Å². The van der Waals surface area contributed by atoms with E-state index in [0.29, 0.717) is 0 Å². The maximum absolute atomic E-state index is 11.3. The van der Waals surface area contributed by atoms with E-state index in [-0.39, 0.29) is 12.0 Å². The summed E-state index contributed by atoms with van der Waals surface area (Å²) in [4.78, 5) is 11.3. The lowest BCUT2D eigenvalue weighted by Crippen LogP contribution is -2.19. The smallest absolute Gasteiger partial charge is 0.330 e. The lowest BCUT2D eigenvalue weighted by atomic mass is 10.3. The molecular formula is C9H13BrN2O2. The fourth-order valence-corrected chi connectivity index (χ4v) is 1.55. The van der Waals surface area contributed by atoms with Gasteiger partial charge >= 0.3 is 5.97 Å². The molecular weight excluding hydrogens is 248 g/mol. The standard InChI is InChI=1S/C9H13BrN2O2/c1-5-8(10)6(2)12(11-5)7(3)9(13)14-4/h7H,1-4H3. The Morgan fingerprint density at radius 1 is 1.57 bits per heavy atom. The van der Waals surface area contributed by atoms with Crippen molar-refractivity contribution in [1.82, 2.24) is 9.78 Å². The molecule has 1 atom stereocenters. The minimum Gasteiger partial charge on any atom is -0.467 e. The summed E-state index contributed by atoms with van der Waals surface area (Å²) >= 11 is 3.40. The molecule has 0 aromatic carbocycles. The molecule has 0 aliphatic heterocycles. The molecule has 0 saturated heterocycles. The minimum atomic E-state index is -0.384. The van der Waals surface area contributed by atoms with Gasteiger partial charge in [-0.25, -0.2) is 4.79 Å². The number of esters is 1. The Morgan fingerprint density at radius 3 is 2.50 bits per heavy atom. The van der Waals surface area contributed by atoms with E-state index in [1.807, 2.05) is 13.8 Å². The summed E-state index contributed by atoms with van der Waals surface area (Å²) in [5, 5.41) is 4.25. The Morgan fingerprint density at radius 2 is 2.14 bits per heavy atom. The largest absolute Gasteiger partial charge is 0.467 e. The first-order chi connectivity index (χ1) is 6.49. The molecule has 1 unspecified atom stereocenters. The third-order valence-corrected chi connectivity index (χ3v) is 3.29. The molecule has 1 rings (SSSR count). The average Bonchev–Trinajstić information content (AvgIpc) is 2.43. The Bertz CT molecular complexity index is 360. The lowest BCUT2D eigenvalue weighted by molar-refractivity contribution is -0.144. The number of aryl methyl sites for hydroxylation is 1. The van der Waals surface area contributed by atoms with E-state index < -0.39 is 0 Å². The number of aromatic nitrogens is 2. The van der Waals surface area contributed by atoms with Gasteiger partial charge < -0.3 is 4.74 Å². The van der Waals surface area contributed by atoms with Crippen molar-refractivity contribution in [3.8, 4) is 0 Å². The zero-order valence-electron chi connectivity index (χ0n) is 8.67. The van der Waals surface area contributed by atoms with Gasteiger partial charge in [0, 0.05) is 0 Å². The summed E-state index contributed by atoms with van der Waals surface area (Å²) in [6, 6.07) is -0.384. The lowest BCUT2D eigenvalue weighted by Gasteiger charge is -2.11. The van der Waals surface area contributed by atoms with Gasteiger partial charge in [0.2, 0.25) is 0 Å². The number of hydrogen-bond acceptors (Lipinski definition) is 3. The fourth-order valence-electron chi connectivity index (χ4n) is 1.29. The monoisotopic (exact) mass is 260 g/mol. The van der Waals surface area contributed by atoms with Crippen molar-refractivity contribution < 1.29 is 9.53 Å². The summed E-state index contributed by atoms with van der Waals surface area (Å²) in [6.07, 6.45) is 0. The molecule has 5 heteroatoms. The molecule has 0 aliphatic carbocycles. The predicted octanol–water partition coefficient (Wildman–Crippen LogP) is 2.00. The zero-order chi connectivity index (χ0) is 10.9. The van der Waals surface area contributed by atoms with E-state index in [4.69, 9.17) is 0 Å². The van der Waals surface area contributed by atoms with E-state index in [1.54, 1.807) is 11.6 Å². The fraction of sp³-hybridized carbons (Fsp3) is 0.556. The van der Waals surface area contributed by atoms with Crippen LogP contribution in [0.2, 0.25) is 0 Å². The zero-order valence-corrected chi connectivity index (χ0v) is 10.3. The molecule has 0 spiro atoms. The maximum atomic E-state index is 11.3. The van der Waals surface area contributed by atoms with Gasteiger partial charge in [-0.2, -0.15) is 5.10 Å². The van der Waals surface area contributed by atoms with Gasteiger partial charge in [0.1, 0.15) is 6.04 Å². The third-order valence-electron chi connectivity index (χ3n) is 2.15. The first kappa shape index (κ1) is 11.2. The molecule has 1 aromatic heterocycles. The maximum Gasteiger partial charge on any atom is 0.330 e. The normalized spacial score (nSPS) is 12.6. The van der Waals surface area contributed by atoms with Gasteiger partial charge in [-0.05, 0) is 36.7 Å². The van der Waals surface area contributed by atoms with Crippen LogP contribution in [0.25, 0.3) is 0 Å². The third kappa shape index (κ3) is 1.82. The van der Waals surface area contributed by atoms with Crippen molar-refractivity contribution in [3.63, 3.8) is 0 Å². The topological polar surface area (TPSA) is 44.1 Å². The first-order valence-electron chi connectivity index (χ1n) is 4.28. The molecule has 4 nitrogen and oxygen atoms in total. The molecule has 0 aliphatic rings.